The van der Waals surface area contributed by atoms with E-state index in [0.717, 1.165) is 18.5 Å². The first-order valence-electron chi connectivity index (χ1n) is 9.58. The molecule has 1 saturated heterocycles. The first kappa shape index (κ1) is 19.0. The summed E-state index contributed by atoms with van der Waals surface area (Å²) >= 11 is 0. The van der Waals surface area contributed by atoms with Crippen LogP contribution in [0.15, 0.2) is 24.3 Å². The molecule has 1 aliphatic rings. The van der Waals surface area contributed by atoms with E-state index in [0.29, 0.717) is 0 Å². The molecule has 3 nitrogen and oxygen atoms in total. The normalized spacial score (nSPS) is 16.1. The fraction of sp³-hybridized carbons (Fsp3) is 0.667. The van der Waals surface area contributed by atoms with Gasteiger partial charge in [-0.3, -0.25) is 4.79 Å². The highest BCUT2D eigenvalue weighted by Gasteiger charge is 2.14. The Morgan fingerprint density at radius 3 is 2.29 bits per heavy atom. The Bertz CT molecular complexity index is 496. The monoisotopic (exact) mass is 330 g/mol. The number of carbonyl (C=O) groups excluding carboxylic acids is 1. The van der Waals surface area contributed by atoms with Gasteiger partial charge in [0, 0.05) is 12.1 Å². The number of benzene rings is 1. The van der Waals surface area contributed by atoms with Crippen molar-refractivity contribution in [3.63, 3.8) is 0 Å². The van der Waals surface area contributed by atoms with Gasteiger partial charge in [0.15, 0.2) is 0 Å². The number of carbonyl (C=O) groups is 1. The number of likely N-dealkylation sites (tertiary alicyclic amines) is 1. The maximum absolute atomic E-state index is 12.2. The SMILES string of the molecule is CC(C)(C)c1ccc(C(=O)NCCCCCN2CCCCC2)cc1. The first-order valence-corrected chi connectivity index (χ1v) is 9.58. The van der Waals surface area contributed by atoms with Gasteiger partial charge in [-0.15, -0.1) is 0 Å². The van der Waals surface area contributed by atoms with Crippen molar-refractivity contribution in [1.29, 1.82) is 0 Å². The zero-order chi connectivity index (χ0) is 17.4. The largest absolute Gasteiger partial charge is 0.352 e. The second-order valence-corrected chi connectivity index (χ2v) is 8.05. The van der Waals surface area contributed by atoms with Gasteiger partial charge >= 0.3 is 0 Å². The van der Waals surface area contributed by atoms with Crippen LogP contribution in [0.4, 0.5) is 0 Å². The molecule has 0 aromatic heterocycles. The topological polar surface area (TPSA) is 32.3 Å². The minimum Gasteiger partial charge on any atom is -0.352 e. The van der Waals surface area contributed by atoms with Gasteiger partial charge in [0.2, 0.25) is 0 Å². The van der Waals surface area contributed by atoms with Crippen LogP contribution in [-0.2, 0) is 5.41 Å². The fourth-order valence-electron chi connectivity index (χ4n) is 3.25. The van der Waals surface area contributed by atoms with Gasteiger partial charge in [-0.05, 0) is 68.4 Å². The van der Waals surface area contributed by atoms with E-state index in [1.54, 1.807) is 0 Å². The second kappa shape index (κ2) is 9.22. The van der Waals surface area contributed by atoms with Crippen molar-refractivity contribution in [3.8, 4) is 0 Å². The molecular formula is C21H34N2O. The molecule has 2 rings (SSSR count). The van der Waals surface area contributed by atoms with Crippen LogP contribution in [0.1, 0.15) is 75.2 Å². The Morgan fingerprint density at radius 1 is 1.00 bits per heavy atom. The van der Waals surface area contributed by atoms with Gasteiger partial charge in [-0.25, -0.2) is 0 Å². The molecule has 1 amide bonds. The average Bonchev–Trinajstić information content (AvgIpc) is 2.58. The third-order valence-corrected chi connectivity index (χ3v) is 4.90. The van der Waals surface area contributed by atoms with Crippen molar-refractivity contribution in [3.05, 3.63) is 35.4 Å². The Morgan fingerprint density at radius 2 is 1.67 bits per heavy atom. The zero-order valence-corrected chi connectivity index (χ0v) is 15.7. The molecule has 24 heavy (non-hydrogen) atoms. The number of nitrogens with one attached hydrogen (secondary N) is 1. The molecule has 0 aliphatic carbocycles. The molecule has 1 heterocycles. The first-order chi connectivity index (χ1) is 11.5. The van der Waals surface area contributed by atoms with E-state index in [2.05, 4.69) is 43.1 Å². The van der Waals surface area contributed by atoms with E-state index < -0.39 is 0 Å². The van der Waals surface area contributed by atoms with Gasteiger partial charge in [-0.2, -0.15) is 0 Å². The van der Waals surface area contributed by atoms with Crippen molar-refractivity contribution in [2.45, 2.75) is 64.7 Å². The molecule has 0 unspecified atom stereocenters. The molecule has 0 saturated carbocycles. The van der Waals surface area contributed by atoms with Crippen LogP contribution in [0.3, 0.4) is 0 Å². The maximum Gasteiger partial charge on any atom is 0.251 e. The van der Waals surface area contributed by atoms with Crippen LogP contribution in [0.25, 0.3) is 0 Å². The van der Waals surface area contributed by atoms with Crippen LogP contribution in [0.2, 0.25) is 0 Å². The highest BCUT2D eigenvalue weighted by Crippen LogP contribution is 2.22. The molecule has 1 aliphatic heterocycles. The fourth-order valence-corrected chi connectivity index (χ4v) is 3.25. The number of piperidine rings is 1. The standard InChI is InChI=1S/C21H34N2O/c1-21(2,3)19-12-10-18(11-13-19)20(24)22-14-6-4-7-15-23-16-8-5-9-17-23/h10-13H,4-9,14-17H2,1-3H3,(H,22,24). The number of rotatable bonds is 7. The van der Waals surface area contributed by atoms with E-state index in [1.165, 1.54) is 57.3 Å². The number of amides is 1. The van der Waals surface area contributed by atoms with Crippen LogP contribution in [0, 0.1) is 0 Å². The van der Waals surface area contributed by atoms with E-state index in [-0.39, 0.29) is 11.3 Å². The third kappa shape index (κ3) is 6.27. The number of unbranched alkanes of at least 4 members (excludes halogenated alkanes) is 2. The summed E-state index contributed by atoms with van der Waals surface area (Å²) in [6.45, 7) is 11.1. The predicted octanol–water partition coefficient (Wildman–Crippen LogP) is 4.37. The van der Waals surface area contributed by atoms with Crippen LogP contribution in [-0.4, -0.2) is 37.0 Å². The van der Waals surface area contributed by atoms with Crippen molar-refractivity contribution in [1.82, 2.24) is 10.2 Å². The van der Waals surface area contributed by atoms with Gasteiger partial charge in [0.05, 0.1) is 0 Å². The van der Waals surface area contributed by atoms with E-state index in [4.69, 9.17) is 0 Å². The van der Waals surface area contributed by atoms with Crippen molar-refractivity contribution >= 4 is 5.91 Å². The van der Waals surface area contributed by atoms with E-state index >= 15 is 0 Å². The lowest BCUT2D eigenvalue weighted by Gasteiger charge is -2.26. The smallest absolute Gasteiger partial charge is 0.251 e. The molecule has 0 atom stereocenters. The zero-order valence-electron chi connectivity index (χ0n) is 15.7. The third-order valence-electron chi connectivity index (χ3n) is 4.90. The minimum atomic E-state index is 0.0477. The molecule has 0 radical (unpaired) electrons. The maximum atomic E-state index is 12.2. The van der Waals surface area contributed by atoms with Gasteiger partial charge in [0.25, 0.3) is 5.91 Å². The summed E-state index contributed by atoms with van der Waals surface area (Å²) in [5, 5.41) is 3.04. The molecule has 1 aromatic rings. The van der Waals surface area contributed by atoms with Crippen molar-refractivity contribution in [2.75, 3.05) is 26.2 Å². The lowest BCUT2D eigenvalue weighted by atomic mass is 9.87. The summed E-state index contributed by atoms with van der Waals surface area (Å²) in [5.74, 6) is 0.0477. The van der Waals surface area contributed by atoms with E-state index in [1.807, 2.05) is 12.1 Å². The summed E-state index contributed by atoms with van der Waals surface area (Å²) in [4.78, 5) is 14.7. The Hall–Kier alpha value is -1.35. The lowest BCUT2D eigenvalue weighted by Crippen LogP contribution is -2.30. The number of hydrogen-bond acceptors (Lipinski definition) is 2. The summed E-state index contributed by atoms with van der Waals surface area (Å²) in [7, 11) is 0. The molecular weight excluding hydrogens is 296 g/mol. The van der Waals surface area contributed by atoms with Gasteiger partial charge < -0.3 is 10.2 Å². The van der Waals surface area contributed by atoms with Gasteiger partial charge in [0.1, 0.15) is 0 Å². The van der Waals surface area contributed by atoms with Crippen LogP contribution in [0.5, 0.6) is 0 Å². The summed E-state index contributed by atoms with van der Waals surface area (Å²) in [5.41, 5.74) is 2.15. The molecule has 3 heteroatoms. The molecule has 1 N–H and O–H groups in total. The Balaban J connectivity index is 1.60. The Labute approximate surface area is 147 Å². The minimum absolute atomic E-state index is 0.0477. The number of nitrogens with zero attached hydrogens (tertiary/aromatic N) is 1. The molecule has 1 fully saturated rings. The summed E-state index contributed by atoms with van der Waals surface area (Å²) in [6, 6.07) is 8.00. The molecule has 1 aromatic carbocycles. The lowest BCUT2D eigenvalue weighted by molar-refractivity contribution is 0.0952. The average molecular weight is 331 g/mol. The molecule has 0 spiro atoms. The molecule has 134 valence electrons. The van der Waals surface area contributed by atoms with Crippen LogP contribution >= 0.6 is 0 Å². The van der Waals surface area contributed by atoms with Crippen molar-refractivity contribution < 1.29 is 4.79 Å². The Kier molecular flexibility index (Phi) is 7.29. The predicted molar refractivity (Wildman–Crippen MR) is 102 cm³/mol. The van der Waals surface area contributed by atoms with Crippen molar-refractivity contribution in [2.24, 2.45) is 0 Å². The quantitative estimate of drug-likeness (QED) is 0.753. The number of hydrogen-bond donors (Lipinski definition) is 1. The molecule has 0 bridgehead atoms. The second-order valence-electron chi connectivity index (χ2n) is 8.05. The highest BCUT2D eigenvalue weighted by molar-refractivity contribution is 5.94. The summed E-state index contributed by atoms with van der Waals surface area (Å²) < 4.78 is 0. The van der Waals surface area contributed by atoms with Gasteiger partial charge in [-0.1, -0.05) is 45.7 Å². The van der Waals surface area contributed by atoms with E-state index in [9.17, 15) is 4.79 Å². The summed E-state index contributed by atoms with van der Waals surface area (Å²) in [6.07, 6.45) is 7.64. The highest BCUT2D eigenvalue weighted by atomic mass is 16.1. The van der Waals surface area contributed by atoms with Crippen LogP contribution < -0.4 is 5.32 Å².